The number of pyridine rings is 1. The Hall–Kier alpha value is -3.27. The molecule has 1 aromatic carbocycles. The van der Waals surface area contributed by atoms with Crippen LogP contribution in [0.25, 0.3) is 5.52 Å². The molecule has 2 atom stereocenters. The predicted octanol–water partition coefficient (Wildman–Crippen LogP) is 4.91. The van der Waals surface area contributed by atoms with E-state index in [0.717, 1.165) is 5.52 Å². The molecule has 29 heavy (non-hydrogen) atoms. The van der Waals surface area contributed by atoms with Gasteiger partial charge in [0.15, 0.2) is 11.6 Å². The molecule has 0 bridgehead atoms. The van der Waals surface area contributed by atoms with Crippen LogP contribution in [0.3, 0.4) is 0 Å². The highest BCUT2D eigenvalue weighted by atomic mass is 16.1. The fourth-order valence-electron chi connectivity index (χ4n) is 4.81. The van der Waals surface area contributed by atoms with E-state index in [2.05, 4.69) is 0 Å². The summed E-state index contributed by atoms with van der Waals surface area (Å²) in [5, 5.41) is 0. The van der Waals surface area contributed by atoms with E-state index in [1.54, 1.807) is 40.9 Å². The van der Waals surface area contributed by atoms with E-state index in [-0.39, 0.29) is 29.2 Å². The third kappa shape index (κ3) is 2.55. The van der Waals surface area contributed by atoms with Gasteiger partial charge in [-0.2, -0.15) is 0 Å². The first-order valence-electron chi connectivity index (χ1n) is 9.95. The fraction of sp³-hybridized carbons (Fsp3) is 0.240. The van der Waals surface area contributed by atoms with Gasteiger partial charge in [-0.1, -0.05) is 41.5 Å². The summed E-state index contributed by atoms with van der Waals surface area (Å²) in [6.07, 6.45) is 2.99. The Morgan fingerprint density at radius 1 is 0.897 bits per heavy atom. The molecular formula is C25H21NO3. The molecule has 0 spiro atoms. The lowest BCUT2D eigenvalue weighted by Gasteiger charge is -2.36. The first-order chi connectivity index (χ1) is 14.0. The van der Waals surface area contributed by atoms with Crippen molar-refractivity contribution in [2.45, 2.75) is 26.7 Å². The Bertz CT molecular complexity index is 1230. The number of benzene rings is 1. The summed E-state index contributed by atoms with van der Waals surface area (Å²) in [5.74, 6) is -1.03. The summed E-state index contributed by atoms with van der Waals surface area (Å²) in [6.45, 7) is 4.07. The Balaban J connectivity index is 1.77. The van der Waals surface area contributed by atoms with E-state index in [1.165, 1.54) is 11.1 Å². The number of Topliss-reactive ketones (excluding diaryl/α,β-unsaturated/α-hetero) is 2. The number of carbonyl (C=O) groups excluding carboxylic acids is 3. The monoisotopic (exact) mass is 383 g/mol. The van der Waals surface area contributed by atoms with Gasteiger partial charge < -0.3 is 4.40 Å². The molecule has 4 nitrogen and oxygen atoms in total. The number of fused-ring (bicyclic) bond motifs is 3. The van der Waals surface area contributed by atoms with Crippen LogP contribution in [-0.2, 0) is 0 Å². The molecule has 0 amide bonds. The Kier molecular flexibility index (Phi) is 3.91. The van der Waals surface area contributed by atoms with E-state index < -0.39 is 0 Å². The molecule has 0 saturated carbocycles. The van der Waals surface area contributed by atoms with Gasteiger partial charge in [0.25, 0.3) is 0 Å². The van der Waals surface area contributed by atoms with E-state index >= 15 is 0 Å². The second-order valence-electron chi connectivity index (χ2n) is 8.19. The number of carbonyl (C=O) groups is 3. The normalized spacial score (nSPS) is 21.3. The molecule has 4 heteroatoms. The zero-order valence-electron chi connectivity index (χ0n) is 16.4. The maximum atomic E-state index is 13.6. The van der Waals surface area contributed by atoms with Gasteiger partial charge in [-0.3, -0.25) is 14.4 Å². The molecule has 0 fully saturated rings. The topological polar surface area (TPSA) is 55.6 Å². The molecule has 2 heterocycles. The van der Waals surface area contributed by atoms with Gasteiger partial charge in [0.2, 0.25) is 5.78 Å². The number of nitrogens with zero attached hydrogens (tertiary/aromatic N) is 1. The number of allylic oxidation sites excluding steroid dienone is 2. The van der Waals surface area contributed by atoms with Crippen molar-refractivity contribution >= 4 is 22.9 Å². The van der Waals surface area contributed by atoms with Gasteiger partial charge in [0, 0.05) is 34.7 Å². The number of hydrogen-bond donors (Lipinski definition) is 0. The SMILES string of the molecule is CC1=C(C)CC2C(=O)c3c(cc4cccn4c3C(=O)c3ccccc3)C(=O)C2C1. The third-order valence-corrected chi connectivity index (χ3v) is 6.52. The maximum Gasteiger partial charge on any atom is 0.210 e. The minimum Gasteiger partial charge on any atom is -0.313 e. The van der Waals surface area contributed by atoms with Crippen molar-refractivity contribution in [3.05, 3.63) is 88.3 Å². The van der Waals surface area contributed by atoms with Crippen LogP contribution in [0.5, 0.6) is 0 Å². The lowest BCUT2D eigenvalue weighted by molar-refractivity contribution is 0.0718. The zero-order valence-corrected chi connectivity index (χ0v) is 16.4. The second kappa shape index (κ2) is 6.38. The summed E-state index contributed by atoms with van der Waals surface area (Å²) < 4.78 is 1.75. The summed E-state index contributed by atoms with van der Waals surface area (Å²) >= 11 is 0. The third-order valence-electron chi connectivity index (χ3n) is 6.52. The molecule has 3 aromatic rings. The average Bonchev–Trinajstić information content (AvgIpc) is 3.20. The van der Waals surface area contributed by atoms with Crippen LogP contribution in [-0.4, -0.2) is 21.8 Å². The second-order valence-corrected chi connectivity index (χ2v) is 8.19. The van der Waals surface area contributed by atoms with Gasteiger partial charge in [-0.25, -0.2) is 0 Å². The van der Waals surface area contributed by atoms with Gasteiger partial charge in [-0.15, -0.1) is 0 Å². The van der Waals surface area contributed by atoms with Crippen molar-refractivity contribution in [1.82, 2.24) is 4.40 Å². The molecule has 0 saturated heterocycles. The molecule has 2 aliphatic carbocycles. The minimum atomic E-state index is -0.381. The lowest BCUT2D eigenvalue weighted by Crippen LogP contribution is -2.40. The zero-order chi connectivity index (χ0) is 20.3. The number of ketones is 3. The highest BCUT2D eigenvalue weighted by Gasteiger charge is 2.45. The summed E-state index contributed by atoms with van der Waals surface area (Å²) in [6, 6.07) is 14.4. The molecule has 0 radical (unpaired) electrons. The van der Waals surface area contributed by atoms with Crippen LogP contribution in [0, 0.1) is 11.8 Å². The van der Waals surface area contributed by atoms with Crippen molar-refractivity contribution < 1.29 is 14.4 Å². The quantitative estimate of drug-likeness (QED) is 0.467. The smallest absolute Gasteiger partial charge is 0.210 e. The number of hydrogen-bond acceptors (Lipinski definition) is 3. The first kappa shape index (κ1) is 17.8. The fourth-order valence-corrected chi connectivity index (χ4v) is 4.81. The Morgan fingerprint density at radius 3 is 2.24 bits per heavy atom. The van der Waals surface area contributed by atoms with E-state index in [9.17, 15) is 14.4 Å². The summed E-state index contributed by atoms with van der Waals surface area (Å²) in [4.78, 5) is 40.5. The van der Waals surface area contributed by atoms with Gasteiger partial charge in [-0.05, 0) is 44.9 Å². The maximum absolute atomic E-state index is 13.6. The molecule has 0 N–H and O–H groups in total. The van der Waals surface area contributed by atoms with Crippen molar-refractivity contribution in [1.29, 1.82) is 0 Å². The van der Waals surface area contributed by atoms with Crippen molar-refractivity contribution in [2.75, 3.05) is 0 Å². The molecule has 2 unspecified atom stereocenters. The lowest BCUT2D eigenvalue weighted by atomic mass is 9.65. The standard InChI is InChI=1S/C25H21NO3/c1-14-11-18-19(12-15(14)2)25(29)21-20(24(18)28)13-17-9-6-10-26(17)22(21)23(27)16-7-4-3-5-8-16/h3-10,13,18-19H,11-12H2,1-2H3. The largest absolute Gasteiger partial charge is 0.313 e. The van der Waals surface area contributed by atoms with Gasteiger partial charge in [0.1, 0.15) is 5.69 Å². The molecule has 5 rings (SSSR count). The highest BCUT2D eigenvalue weighted by Crippen LogP contribution is 2.43. The van der Waals surface area contributed by atoms with Crippen LogP contribution in [0.15, 0.2) is 65.9 Å². The van der Waals surface area contributed by atoms with Gasteiger partial charge >= 0.3 is 0 Å². The van der Waals surface area contributed by atoms with Crippen molar-refractivity contribution in [2.24, 2.45) is 11.8 Å². The van der Waals surface area contributed by atoms with Crippen LogP contribution < -0.4 is 0 Å². The average molecular weight is 383 g/mol. The van der Waals surface area contributed by atoms with Crippen LogP contribution >= 0.6 is 0 Å². The summed E-state index contributed by atoms with van der Waals surface area (Å²) in [7, 11) is 0. The predicted molar refractivity (Wildman–Crippen MR) is 111 cm³/mol. The van der Waals surface area contributed by atoms with Crippen LogP contribution in [0.4, 0.5) is 0 Å². The van der Waals surface area contributed by atoms with Crippen LogP contribution in [0.2, 0.25) is 0 Å². The van der Waals surface area contributed by atoms with E-state index in [1.807, 2.05) is 32.0 Å². The molecular weight excluding hydrogens is 362 g/mol. The minimum absolute atomic E-state index is 0.0118. The molecule has 2 aromatic heterocycles. The molecule has 0 aliphatic heterocycles. The van der Waals surface area contributed by atoms with E-state index in [0.29, 0.717) is 35.2 Å². The van der Waals surface area contributed by atoms with Gasteiger partial charge in [0.05, 0.1) is 5.56 Å². The van der Waals surface area contributed by atoms with E-state index in [4.69, 9.17) is 0 Å². The van der Waals surface area contributed by atoms with Crippen molar-refractivity contribution in [3.8, 4) is 0 Å². The first-order valence-corrected chi connectivity index (χ1v) is 9.95. The van der Waals surface area contributed by atoms with Crippen LogP contribution in [0.1, 0.15) is 63.5 Å². The molecule has 2 aliphatic rings. The summed E-state index contributed by atoms with van der Waals surface area (Å²) in [5.41, 5.74) is 4.62. The number of aromatic nitrogens is 1. The number of rotatable bonds is 2. The Morgan fingerprint density at radius 2 is 1.55 bits per heavy atom. The Labute approximate surface area is 168 Å². The molecule has 144 valence electrons. The van der Waals surface area contributed by atoms with Crippen molar-refractivity contribution in [3.63, 3.8) is 0 Å². The highest BCUT2D eigenvalue weighted by molar-refractivity contribution is 6.23.